The van der Waals surface area contributed by atoms with Gasteiger partial charge in [-0.3, -0.25) is 0 Å². The summed E-state index contributed by atoms with van der Waals surface area (Å²) in [6, 6.07) is 4.24. The second-order valence-corrected chi connectivity index (χ2v) is 9.07. The average Bonchev–Trinajstić information content (AvgIpc) is 2.96. The van der Waals surface area contributed by atoms with Crippen LogP contribution in [-0.2, 0) is 20.0 Å². The fourth-order valence-corrected chi connectivity index (χ4v) is 5.06. The summed E-state index contributed by atoms with van der Waals surface area (Å²) < 4.78 is 52.6. The Kier molecular flexibility index (Phi) is 4.93. The highest BCUT2D eigenvalue weighted by Gasteiger charge is 2.32. The maximum Gasteiger partial charge on any atom is 0.243 e. The van der Waals surface area contributed by atoms with E-state index in [1.807, 2.05) is 7.05 Å². The van der Waals surface area contributed by atoms with Crippen LogP contribution in [0.15, 0.2) is 28.0 Å². The Morgan fingerprint density at radius 1 is 1.18 bits per heavy atom. The molecular weight excluding hydrogens is 326 g/mol. The number of sulfonamides is 2. The molecule has 1 fully saturated rings. The van der Waals surface area contributed by atoms with Crippen LogP contribution in [0.5, 0.6) is 0 Å². The highest BCUT2D eigenvalue weighted by molar-refractivity contribution is 7.89. The molecule has 0 amide bonds. The zero-order valence-electron chi connectivity index (χ0n) is 12.8. The van der Waals surface area contributed by atoms with Gasteiger partial charge in [-0.05, 0) is 51.2 Å². The lowest BCUT2D eigenvalue weighted by molar-refractivity contribution is 0.464. The Balaban J connectivity index is 2.36. The van der Waals surface area contributed by atoms with E-state index in [4.69, 9.17) is 0 Å². The number of benzene rings is 1. The Labute approximate surface area is 131 Å². The molecule has 0 aromatic heterocycles. The second kappa shape index (κ2) is 6.25. The fourth-order valence-electron chi connectivity index (χ4n) is 2.53. The molecule has 0 spiro atoms. The molecule has 1 atom stereocenters. The maximum atomic E-state index is 12.6. The first-order valence-electron chi connectivity index (χ1n) is 6.94. The standard InChI is InChI=1S/C13H21N3O4S2/c1-10-8-12(4-5-13(10)21(17,18)15-3)22(19,20)16-7-6-11(9-16)14-2/h4-5,8,11,14-15H,6-7,9H2,1-3H3. The molecule has 9 heteroatoms. The van der Waals surface area contributed by atoms with Crippen molar-refractivity contribution in [3.05, 3.63) is 23.8 Å². The average molecular weight is 347 g/mol. The Hall–Kier alpha value is -1.00. The normalized spacial score (nSPS) is 20.4. The summed E-state index contributed by atoms with van der Waals surface area (Å²) in [5.74, 6) is 0. The second-order valence-electron chi connectivity index (χ2n) is 5.27. The Morgan fingerprint density at radius 3 is 2.36 bits per heavy atom. The molecule has 1 heterocycles. The van der Waals surface area contributed by atoms with Gasteiger partial charge in [-0.2, -0.15) is 4.31 Å². The molecule has 0 radical (unpaired) electrons. The molecule has 124 valence electrons. The smallest absolute Gasteiger partial charge is 0.243 e. The molecule has 0 saturated carbocycles. The first-order chi connectivity index (χ1) is 10.2. The molecule has 1 unspecified atom stereocenters. The van der Waals surface area contributed by atoms with Gasteiger partial charge in [-0.1, -0.05) is 0 Å². The largest absolute Gasteiger partial charge is 0.316 e. The summed E-state index contributed by atoms with van der Waals surface area (Å²) in [6.07, 6.45) is 0.765. The van der Waals surface area contributed by atoms with Gasteiger partial charge in [0.05, 0.1) is 9.79 Å². The van der Waals surface area contributed by atoms with Crippen molar-refractivity contribution in [3.63, 3.8) is 0 Å². The third kappa shape index (κ3) is 3.18. The lowest BCUT2D eigenvalue weighted by atomic mass is 10.2. The first kappa shape index (κ1) is 17.4. The highest BCUT2D eigenvalue weighted by atomic mass is 32.2. The number of nitrogens with one attached hydrogen (secondary N) is 2. The van der Waals surface area contributed by atoms with Crippen molar-refractivity contribution in [2.75, 3.05) is 27.2 Å². The number of likely N-dealkylation sites (N-methyl/N-ethyl adjacent to an activating group) is 1. The molecule has 1 aliphatic rings. The molecule has 1 saturated heterocycles. The van der Waals surface area contributed by atoms with Gasteiger partial charge in [0.1, 0.15) is 0 Å². The number of hydrogen-bond acceptors (Lipinski definition) is 5. The van der Waals surface area contributed by atoms with Crippen molar-refractivity contribution in [2.45, 2.75) is 29.2 Å². The summed E-state index contributed by atoms with van der Waals surface area (Å²) in [7, 11) is -4.06. The van der Waals surface area contributed by atoms with E-state index in [9.17, 15) is 16.8 Å². The number of nitrogens with zero attached hydrogens (tertiary/aromatic N) is 1. The van der Waals surface area contributed by atoms with Crippen LogP contribution in [0.4, 0.5) is 0 Å². The lowest BCUT2D eigenvalue weighted by Gasteiger charge is -2.17. The van der Waals surface area contributed by atoms with Crippen LogP contribution in [0.25, 0.3) is 0 Å². The van der Waals surface area contributed by atoms with Crippen molar-refractivity contribution < 1.29 is 16.8 Å². The maximum absolute atomic E-state index is 12.6. The van der Waals surface area contributed by atoms with Crippen LogP contribution in [0, 0.1) is 6.92 Å². The minimum absolute atomic E-state index is 0.0865. The lowest BCUT2D eigenvalue weighted by Crippen LogP contribution is -2.33. The summed E-state index contributed by atoms with van der Waals surface area (Å²) in [6.45, 7) is 2.47. The van der Waals surface area contributed by atoms with Gasteiger partial charge in [0.2, 0.25) is 20.0 Å². The zero-order valence-corrected chi connectivity index (χ0v) is 14.5. The topological polar surface area (TPSA) is 95.6 Å². The van der Waals surface area contributed by atoms with Gasteiger partial charge in [0.25, 0.3) is 0 Å². The van der Waals surface area contributed by atoms with Crippen LogP contribution in [-0.4, -0.2) is 54.4 Å². The zero-order chi connectivity index (χ0) is 16.5. The Morgan fingerprint density at radius 2 is 1.86 bits per heavy atom. The molecular formula is C13H21N3O4S2. The van der Waals surface area contributed by atoms with Gasteiger partial charge < -0.3 is 5.32 Å². The summed E-state index contributed by atoms with van der Waals surface area (Å²) in [5, 5.41) is 3.07. The molecule has 0 aliphatic carbocycles. The van der Waals surface area contributed by atoms with Crippen LogP contribution >= 0.6 is 0 Å². The van der Waals surface area contributed by atoms with E-state index in [0.717, 1.165) is 6.42 Å². The van der Waals surface area contributed by atoms with E-state index in [0.29, 0.717) is 18.7 Å². The van der Waals surface area contributed by atoms with Gasteiger partial charge in [-0.15, -0.1) is 0 Å². The fraction of sp³-hybridized carbons (Fsp3) is 0.538. The number of aryl methyl sites for hydroxylation is 1. The van der Waals surface area contributed by atoms with E-state index in [1.54, 1.807) is 6.92 Å². The number of rotatable bonds is 5. The third-order valence-corrected chi connectivity index (χ3v) is 7.34. The molecule has 22 heavy (non-hydrogen) atoms. The van der Waals surface area contributed by atoms with Gasteiger partial charge in [-0.25, -0.2) is 21.6 Å². The molecule has 1 aromatic rings. The SMILES string of the molecule is CNC1CCN(S(=O)(=O)c2ccc(S(=O)(=O)NC)c(C)c2)C1. The molecule has 1 aliphatic heterocycles. The molecule has 2 rings (SSSR count). The van der Waals surface area contributed by atoms with Crippen LogP contribution < -0.4 is 10.0 Å². The molecule has 0 bridgehead atoms. The minimum atomic E-state index is -3.60. The highest BCUT2D eigenvalue weighted by Crippen LogP contribution is 2.24. The third-order valence-electron chi connectivity index (χ3n) is 3.90. The van der Waals surface area contributed by atoms with Crippen molar-refractivity contribution in [1.29, 1.82) is 0 Å². The van der Waals surface area contributed by atoms with Crippen molar-refractivity contribution in [3.8, 4) is 0 Å². The number of hydrogen-bond donors (Lipinski definition) is 2. The molecule has 1 aromatic carbocycles. The quantitative estimate of drug-likeness (QED) is 0.775. The van der Waals surface area contributed by atoms with E-state index in [1.165, 1.54) is 29.6 Å². The van der Waals surface area contributed by atoms with E-state index < -0.39 is 20.0 Å². The molecule has 2 N–H and O–H groups in total. The Bertz CT molecular complexity index is 759. The van der Waals surface area contributed by atoms with Crippen LogP contribution in [0.3, 0.4) is 0 Å². The summed E-state index contributed by atoms with van der Waals surface area (Å²) in [4.78, 5) is 0.209. The van der Waals surface area contributed by atoms with Crippen molar-refractivity contribution in [2.24, 2.45) is 0 Å². The van der Waals surface area contributed by atoms with Gasteiger partial charge in [0.15, 0.2) is 0 Å². The predicted octanol–water partition coefficient (Wildman–Crippen LogP) is -0.114. The predicted molar refractivity (Wildman–Crippen MR) is 83.6 cm³/mol. The van der Waals surface area contributed by atoms with Gasteiger partial charge in [0, 0.05) is 19.1 Å². The van der Waals surface area contributed by atoms with Crippen molar-refractivity contribution in [1.82, 2.24) is 14.3 Å². The van der Waals surface area contributed by atoms with E-state index in [-0.39, 0.29) is 15.8 Å². The monoisotopic (exact) mass is 347 g/mol. The summed E-state index contributed by atoms with van der Waals surface area (Å²) >= 11 is 0. The minimum Gasteiger partial charge on any atom is -0.316 e. The van der Waals surface area contributed by atoms with E-state index in [2.05, 4.69) is 10.0 Å². The van der Waals surface area contributed by atoms with E-state index >= 15 is 0 Å². The summed E-state index contributed by atoms with van der Waals surface area (Å²) in [5.41, 5.74) is 0.403. The molecule has 7 nitrogen and oxygen atoms in total. The van der Waals surface area contributed by atoms with Gasteiger partial charge >= 0.3 is 0 Å². The van der Waals surface area contributed by atoms with Crippen LogP contribution in [0.1, 0.15) is 12.0 Å². The van der Waals surface area contributed by atoms with Crippen molar-refractivity contribution >= 4 is 20.0 Å². The first-order valence-corrected chi connectivity index (χ1v) is 9.86. The van der Waals surface area contributed by atoms with Crippen LogP contribution in [0.2, 0.25) is 0 Å².